The van der Waals surface area contributed by atoms with Crippen LogP contribution >= 0.6 is 0 Å². The van der Waals surface area contributed by atoms with Crippen molar-refractivity contribution in [3.05, 3.63) is 35.4 Å². The Morgan fingerprint density at radius 2 is 2.00 bits per heavy atom. The highest BCUT2D eigenvalue weighted by atomic mass is 19.3. The van der Waals surface area contributed by atoms with Gasteiger partial charge in [-0.15, -0.1) is 0 Å². The van der Waals surface area contributed by atoms with Gasteiger partial charge < -0.3 is 5.32 Å². The van der Waals surface area contributed by atoms with E-state index in [4.69, 9.17) is 0 Å². The number of aromatic nitrogens is 4. The van der Waals surface area contributed by atoms with Crippen LogP contribution in [0.25, 0.3) is 0 Å². The van der Waals surface area contributed by atoms with Crippen molar-refractivity contribution < 1.29 is 8.78 Å². The van der Waals surface area contributed by atoms with Crippen molar-refractivity contribution in [3.8, 4) is 0 Å². The topological polar surface area (TPSA) is 47.7 Å². The summed E-state index contributed by atoms with van der Waals surface area (Å²) in [6, 6.07) is 2.09. The van der Waals surface area contributed by atoms with E-state index in [9.17, 15) is 8.78 Å². The lowest BCUT2D eigenvalue weighted by Gasteiger charge is -2.03. The minimum absolute atomic E-state index is 0.336. The third-order valence-electron chi connectivity index (χ3n) is 3.19. The lowest BCUT2D eigenvalue weighted by atomic mass is 10.2. The summed E-state index contributed by atoms with van der Waals surface area (Å²) < 4.78 is 27.7. The van der Waals surface area contributed by atoms with Crippen LogP contribution in [0.4, 0.5) is 8.78 Å². The van der Waals surface area contributed by atoms with Crippen LogP contribution in [-0.2, 0) is 19.6 Å². The van der Waals surface area contributed by atoms with Gasteiger partial charge in [0.1, 0.15) is 6.54 Å². The van der Waals surface area contributed by atoms with Gasteiger partial charge in [-0.2, -0.15) is 10.2 Å². The second-order valence-electron chi connectivity index (χ2n) is 5.34. The summed E-state index contributed by atoms with van der Waals surface area (Å²) in [6.45, 7) is 7.01. The van der Waals surface area contributed by atoms with Gasteiger partial charge in [-0.05, 0) is 26.8 Å². The zero-order chi connectivity index (χ0) is 15.4. The van der Waals surface area contributed by atoms with Gasteiger partial charge in [0.15, 0.2) is 0 Å². The first-order valence-corrected chi connectivity index (χ1v) is 7.01. The molecule has 0 saturated heterocycles. The minimum atomic E-state index is -2.38. The van der Waals surface area contributed by atoms with Crippen molar-refractivity contribution in [2.45, 2.75) is 52.9 Å². The normalized spacial score (nSPS) is 11.8. The molecule has 0 fully saturated rings. The van der Waals surface area contributed by atoms with E-state index in [-0.39, 0.29) is 6.54 Å². The molecule has 0 atom stereocenters. The quantitative estimate of drug-likeness (QED) is 0.854. The molecule has 2 rings (SSSR count). The summed E-state index contributed by atoms with van der Waals surface area (Å²) in [5, 5.41) is 11.8. The monoisotopic (exact) mass is 297 g/mol. The number of alkyl halides is 2. The van der Waals surface area contributed by atoms with Gasteiger partial charge in [0, 0.05) is 37.1 Å². The number of rotatable bonds is 7. The van der Waals surface area contributed by atoms with Crippen LogP contribution in [0.2, 0.25) is 0 Å². The van der Waals surface area contributed by atoms with Gasteiger partial charge in [0.25, 0.3) is 6.43 Å². The molecule has 2 heterocycles. The molecule has 1 N–H and O–H groups in total. The van der Waals surface area contributed by atoms with Crippen molar-refractivity contribution in [2.75, 3.05) is 0 Å². The van der Waals surface area contributed by atoms with Crippen LogP contribution in [0, 0.1) is 6.92 Å². The van der Waals surface area contributed by atoms with Crippen LogP contribution in [0.3, 0.4) is 0 Å². The van der Waals surface area contributed by atoms with Crippen LogP contribution in [0.15, 0.2) is 18.5 Å². The SMILES string of the molecule is Cc1nn(C(C)C)cc1CNCc1ccn(CC(F)F)n1. The van der Waals surface area contributed by atoms with E-state index >= 15 is 0 Å². The van der Waals surface area contributed by atoms with Gasteiger partial charge in [0.05, 0.1) is 11.4 Å². The molecule has 2 aromatic heterocycles. The molecule has 116 valence electrons. The fourth-order valence-corrected chi connectivity index (χ4v) is 2.02. The maximum Gasteiger partial charge on any atom is 0.257 e. The third-order valence-corrected chi connectivity index (χ3v) is 3.19. The van der Waals surface area contributed by atoms with Crippen LogP contribution < -0.4 is 5.32 Å². The smallest absolute Gasteiger partial charge is 0.257 e. The summed E-state index contributed by atoms with van der Waals surface area (Å²) in [4.78, 5) is 0. The molecule has 0 spiro atoms. The highest BCUT2D eigenvalue weighted by Gasteiger charge is 2.08. The number of hydrogen-bond donors (Lipinski definition) is 1. The molecule has 0 radical (unpaired) electrons. The highest BCUT2D eigenvalue weighted by molar-refractivity contribution is 5.15. The molecule has 7 heteroatoms. The predicted molar refractivity (Wildman–Crippen MR) is 76.1 cm³/mol. The number of hydrogen-bond acceptors (Lipinski definition) is 3. The van der Waals surface area contributed by atoms with E-state index in [0.717, 1.165) is 17.0 Å². The summed E-state index contributed by atoms with van der Waals surface area (Å²) in [6.07, 6.45) is 1.23. The Bertz CT molecular complexity index is 574. The highest BCUT2D eigenvalue weighted by Crippen LogP contribution is 2.10. The van der Waals surface area contributed by atoms with Crippen LogP contribution in [-0.4, -0.2) is 26.0 Å². The lowest BCUT2D eigenvalue weighted by Crippen LogP contribution is -2.14. The van der Waals surface area contributed by atoms with Crippen LogP contribution in [0.1, 0.15) is 36.8 Å². The maximum absolute atomic E-state index is 12.2. The second kappa shape index (κ2) is 6.80. The first-order valence-electron chi connectivity index (χ1n) is 7.01. The molecule has 2 aromatic rings. The predicted octanol–water partition coefficient (Wildman–Crippen LogP) is 2.52. The van der Waals surface area contributed by atoms with Gasteiger partial charge in [-0.3, -0.25) is 9.36 Å². The summed E-state index contributed by atoms with van der Waals surface area (Å²) in [7, 11) is 0. The van der Waals surface area contributed by atoms with Crippen molar-refractivity contribution >= 4 is 0 Å². The van der Waals surface area contributed by atoms with E-state index in [2.05, 4.69) is 29.4 Å². The molecule has 0 aromatic carbocycles. The Kier molecular flexibility index (Phi) is 5.06. The van der Waals surface area contributed by atoms with Crippen molar-refractivity contribution in [1.29, 1.82) is 0 Å². The lowest BCUT2D eigenvalue weighted by molar-refractivity contribution is 0.121. The molecule has 5 nitrogen and oxygen atoms in total. The van der Waals surface area contributed by atoms with E-state index < -0.39 is 6.43 Å². The summed E-state index contributed by atoms with van der Waals surface area (Å²) in [5.74, 6) is 0. The average Bonchev–Trinajstić information content (AvgIpc) is 2.97. The first-order chi connectivity index (χ1) is 9.95. The number of nitrogens with zero attached hydrogens (tertiary/aromatic N) is 4. The zero-order valence-corrected chi connectivity index (χ0v) is 12.6. The molecule has 0 amide bonds. The van der Waals surface area contributed by atoms with Crippen molar-refractivity contribution in [2.24, 2.45) is 0 Å². The Labute approximate surface area is 123 Å². The van der Waals surface area contributed by atoms with E-state index in [0.29, 0.717) is 19.1 Å². The molecule has 0 unspecified atom stereocenters. The Morgan fingerprint density at radius 3 is 2.62 bits per heavy atom. The van der Waals surface area contributed by atoms with Gasteiger partial charge in [0.2, 0.25) is 0 Å². The Hall–Kier alpha value is -1.76. The minimum Gasteiger partial charge on any atom is -0.307 e. The van der Waals surface area contributed by atoms with Gasteiger partial charge in [-0.25, -0.2) is 8.78 Å². The van der Waals surface area contributed by atoms with Gasteiger partial charge >= 0.3 is 0 Å². The second-order valence-corrected chi connectivity index (χ2v) is 5.34. The van der Waals surface area contributed by atoms with E-state index in [1.165, 1.54) is 4.68 Å². The third kappa shape index (κ3) is 4.35. The largest absolute Gasteiger partial charge is 0.307 e. The van der Waals surface area contributed by atoms with E-state index in [1.807, 2.05) is 17.8 Å². The summed E-state index contributed by atoms with van der Waals surface area (Å²) in [5.41, 5.74) is 2.89. The van der Waals surface area contributed by atoms with Gasteiger partial charge in [-0.1, -0.05) is 0 Å². The molecule has 0 aliphatic carbocycles. The van der Waals surface area contributed by atoms with Crippen LogP contribution in [0.5, 0.6) is 0 Å². The fourth-order valence-electron chi connectivity index (χ4n) is 2.02. The fraction of sp³-hybridized carbons (Fsp3) is 0.571. The van der Waals surface area contributed by atoms with Crippen molar-refractivity contribution in [1.82, 2.24) is 24.9 Å². The Balaban J connectivity index is 1.85. The molecule has 0 aliphatic rings. The zero-order valence-electron chi connectivity index (χ0n) is 12.6. The Morgan fingerprint density at radius 1 is 1.24 bits per heavy atom. The van der Waals surface area contributed by atoms with Crippen molar-refractivity contribution in [3.63, 3.8) is 0 Å². The summed E-state index contributed by atoms with van der Waals surface area (Å²) >= 11 is 0. The first kappa shape index (κ1) is 15.6. The molecule has 21 heavy (non-hydrogen) atoms. The maximum atomic E-state index is 12.2. The molecular formula is C14H21F2N5. The average molecular weight is 297 g/mol. The molecular weight excluding hydrogens is 276 g/mol. The molecule has 0 aliphatic heterocycles. The molecule has 0 saturated carbocycles. The number of aryl methyl sites for hydroxylation is 1. The van der Waals surface area contributed by atoms with E-state index in [1.54, 1.807) is 12.3 Å². The number of halogens is 2. The molecule has 0 bridgehead atoms. The standard InChI is InChI=1S/C14H21F2N5/c1-10(2)21-8-12(11(3)18-21)6-17-7-13-4-5-20(19-13)9-14(15)16/h4-5,8,10,14,17H,6-7,9H2,1-3H3. The number of nitrogens with one attached hydrogen (secondary N) is 1.